The van der Waals surface area contributed by atoms with Gasteiger partial charge in [0.2, 0.25) is 6.41 Å². The Balaban J connectivity index is 1.68. The summed E-state index contributed by atoms with van der Waals surface area (Å²) < 4.78 is 62.2. The van der Waals surface area contributed by atoms with Gasteiger partial charge in [0.1, 0.15) is 40.8 Å². The molecule has 4 rings (SSSR count). The van der Waals surface area contributed by atoms with Crippen LogP contribution in [0.5, 0.6) is 5.75 Å². The lowest BCUT2D eigenvalue weighted by atomic mass is 10.2. The van der Waals surface area contributed by atoms with E-state index in [0.29, 0.717) is 18.5 Å². The summed E-state index contributed by atoms with van der Waals surface area (Å²) in [5, 5.41) is 2.27. The minimum absolute atomic E-state index is 0.0289. The molecule has 0 aliphatic carbocycles. The molecule has 0 saturated heterocycles. The number of carbonyl (C=O) groups excluding carboxylic acids is 1. The minimum atomic E-state index is -1.06. The zero-order valence-electron chi connectivity index (χ0n) is 16.2. The molecule has 0 saturated carbocycles. The zero-order valence-corrected chi connectivity index (χ0v) is 16.2. The van der Waals surface area contributed by atoms with E-state index in [4.69, 9.17) is 4.74 Å². The molecule has 0 aliphatic heterocycles. The van der Waals surface area contributed by atoms with Crippen LogP contribution in [0.1, 0.15) is 11.4 Å². The zero-order chi connectivity index (χ0) is 22.8. The highest BCUT2D eigenvalue weighted by Gasteiger charge is 2.19. The molecular weight excluding hydrogens is 432 g/mol. The lowest BCUT2D eigenvalue weighted by molar-refractivity contribution is -0.105. The summed E-state index contributed by atoms with van der Waals surface area (Å²) in [5.41, 5.74) is -0.914. The van der Waals surface area contributed by atoms with Crippen molar-refractivity contribution in [2.75, 3.05) is 5.32 Å². The van der Waals surface area contributed by atoms with Gasteiger partial charge in [-0.25, -0.2) is 22.5 Å². The van der Waals surface area contributed by atoms with Crippen LogP contribution >= 0.6 is 0 Å². The van der Waals surface area contributed by atoms with Gasteiger partial charge in [-0.2, -0.15) is 0 Å². The fourth-order valence-corrected chi connectivity index (χ4v) is 3.12. The van der Waals surface area contributed by atoms with Gasteiger partial charge in [-0.1, -0.05) is 0 Å². The van der Waals surface area contributed by atoms with Crippen LogP contribution in [0, 0.1) is 23.3 Å². The number of carbonyl (C=O) groups is 1. The number of imidazole rings is 1. The van der Waals surface area contributed by atoms with Crippen molar-refractivity contribution in [2.24, 2.45) is 0 Å². The number of rotatable bonds is 7. The number of anilines is 1. The van der Waals surface area contributed by atoms with Crippen LogP contribution in [0.4, 0.5) is 23.2 Å². The van der Waals surface area contributed by atoms with E-state index < -0.39 is 41.2 Å². The molecule has 32 heavy (non-hydrogen) atoms. The average molecular weight is 446 g/mol. The van der Waals surface area contributed by atoms with Crippen molar-refractivity contribution in [3.8, 4) is 5.75 Å². The Morgan fingerprint density at radius 2 is 1.91 bits per heavy atom. The quantitative estimate of drug-likeness (QED) is 0.336. The van der Waals surface area contributed by atoms with Crippen molar-refractivity contribution in [2.45, 2.75) is 13.2 Å². The standard InChI is InChI=1S/C21H14F4N4O3/c22-12-4-3-11(13(23)6-12)9-32-20-15(25)7-14(24)18-19(20)28-17(27-18)8-29-5-1-2-16(21(29)31)26-10-30/h1-7,10H,8-9H2,(H,26,30)(H,27,28). The van der Waals surface area contributed by atoms with Gasteiger partial charge in [-0.05, 0) is 24.3 Å². The minimum Gasteiger partial charge on any atom is -0.483 e. The maximum absolute atomic E-state index is 14.4. The summed E-state index contributed by atoms with van der Waals surface area (Å²) in [6.07, 6.45) is 1.78. The Labute approximate surface area is 177 Å². The van der Waals surface area contributed by atoms with Gasteiger partial charge in [0, 0.05) is 23.9 Å². The molecule has 0 spiro atoms. The highest BCUT2D eigenvalue weighted by molar-refractivity contribution is 5.82. The fraction of sp³-hybridized carbons (Fsp3) is 0.0952. The van der Waals surface area contributed by atoms with Crippen molar-refractivity contribution in [1.29, 1.82) is 0 Å². The summed E-state index contributed by atoms with van der Waals surface area (Å²) in [6.45, 7) is -0.597. The average Bonchev–Trinajstić information content (AvgIpc) is 3.16. The molecule has 11 heteroatoms. The smallest absolute Gasteiger partial charge is 0.274 e. The molecule has 2 N–H and O–H groups in total. The number of halogens is 4. The van der Waals surface area contributed by atoms with Crippen LogP contribution < -0.4 is 15.6 Å². The number of fused-ring (bicyclic) bond motifs is 1. The molecule has 2 heterocycles. The van der Waals surface area contributed by atoms with Gasteiger partial charge < -0.3 is 19.6 Å². The third-order valence-corrected chi connectivity index (χ3v) is 4.62. The Bertz CT molecular complexity index is 1380. The second-order valence-electron chi connectivity index (χ2n) is 6.72. The number of pyridine rings is 1. The number of nitrogens with one attached hydrogen (secondary N) is 2. The van der Waals surface area contributed by atoms with Crippen LogP contribution in [0.2, 0.25) is 0 Å². The number of hydrogen-bond donors (Lipinski definition) is 2. The first-order chi connectivity index (χ1) is 15.4. The number of hydrogen-bond acceptors (Lipinski definition) is 4. The normalized spacial score (nSPS) is 11.0. The Kier molecular flexibility index (Phi) is 5.63. The molecule has 0 fully saturated rings. The first-order valence-corrected chi connectivity index (χ1v) is 9.20. The van der Waals surface area contributed by atoms with E-state index in [-0.39, 0.29) is 34.7 Å². The summed E-state index contributed by atoms with van der Waals surface area (Å²) in [5.74, 6) is -4.00. The third kappa shape index (κ3) is 4.04. The molecule has 0 aliphatic rings. The maximum atomic E-state index is 14.4. The van der Waals surface area contributed by atoms with Crippen LogP contribution in [0.25, 0.3) is 11.0 Å². The van der Waals surface area contributed by atoms with E-state index in [1.54, 1.807) is 0 Å². The first-order valence-electron chi connectivity index (χ1n) is 9.20. The van der Waals surface area contributed by atoms with E-state index in [1.807, 2.05) is 0 Å². The number of amides is 1. The van der Waals surface area contributed by atoms with Gasteiger partial charge in [0.15, 0.2) is 17.4 Å². The second kappa shape index (κ2) is 8.53. The maximum Gasteiger partial charge on any atom is 0.274 e. The van der Waals surface area contributed by atoms with Crippen LogP contribution in [0.15, 0.2) is 47.4 Å². The molecule has 0 atom stereocenters. The monoisotopic (exact) mass is 446 g/mol. The van der Waals surface area contributed by atoms with Crippen LogP contribution in [-0.2, 0) is 17.9 Å². The number of aromatic nitrogens is 3. The van der Waals surface area contributed by atoms with E-state index in [2.05, 4.69) is 15.3 Å². The van der Waals surface area contributed by atoms with Crippen molar-refractivity contribution in [1.82, 2.24) is 14.5 Å². The van der Waals surface area contributed by atoms with Crippen molar-refractivity contribution >= 4 is 23.1 Å². The molecule has 7 nitrogen and oxygen atoms in total. The predicted octanol–water partition coefficient (Wildman–Crippen LogP) is 3.48. The summed E-state index contributed by atoms with van der Waals surface area (Å²) in [4.78, 5) is 29.8. The molecule has 2 aromatic carbocycles. The van der Waals surface area contributed by atoms with Gasteiger partial charge in [-0.3, -0.25) is 9.59 Å². The summed E-state index contributed by atoms with van der Waals surface area (Å²) in [7, 11) is 0. The molecule has 1 amide bonds. The topological polar surface area (TPSA) is 89.0 Å². The number of nitrogens with zero attached hydrogens (tertiary/aromatic N) is 2. The van der Waals surface area contributed by atoms with Gasteiger partial charge in [0.25, 0.3) is 5.56 Å². The van der Waals surface area contributed by atoms with Crippen molar-refractivity contribution < 1.29 is 27.1 Å². The van der Waals surface area contributed by atoms with Gasteiger partial charge in [0.05, 0.1) is 6.54 Å². The van der Waals surface area contributed by atoms with Gasteiger partial charge in [-0.15, -0.1) is 0 Å². The number of aromatic amines is 1. The summed E-state index contributed by atoms with van der Waals surface area (Å²) in [6, 6.07) is 6.33. The largest absolute Gasteiger partial charge is 0.483 e. The molecule has 2 aromatic heterocycles. The second-order valence-corrected chi connectivity index (χ2v) is 6.72. The Morgan fingerprint density at radius 1 is 1.09 bits per heavy atom. The molecule has 0 radical (unpaired) electrons. The van der Waals surface area contributed by atoms with Crippen molar-refractivity contribution in [3.63, 3.8) is 0 Å². The molecular formula is C21H14F4N4O3. The van der Waals surface area contributed by atoms with Crippen molar-refractivity contribution in [3.05, 3.63) is 87.6 Å². The Morgan fingerprint density at radius 3 is 2.66 bits per heavy atom. The lowest BCUT2D eigenvalue weighted by Crippen LogP contribution is -2.23. The Hall–Kier alpha value is -4.15. The predicted molar refractivity (Wildman–Crippen MR) is 106 cm³/mol. The third-order valence-electron chi connectivity index (χ3n) is 4.62. The lowest BCUT2D eigenvalue weighted by Gasteiger charge is -2.09. The molecule has 164 valence electrons. The van der Waals surface area contributed by atoms with Gasteiger partial charge >= 0.3 is 0 Å². The fourth-order valence-electron chi connectivity index (χ4n) is 3.12. The molecule has 4 aromatic rings. The van der Waals surface area contributed by atoms with E-state index in [9.17, 15) is 27.2 Å². The molecule has 0 bridgehead atoms. The SMILES string of the molecule is O=CNc1cccn(Cc2nc3c(OCc4ccc(F)cc4F)c(F)cc(F)c3[nH]2)c1=O. The van der Waals surface area contributed by atoms with E-state index >= 15 is 0 Å². The first kappa shape index (κ1) is 21.1. The molecule has 0 unspecified atom stereocenters. The highest BCUT2D eigenvalue weighted by Crippen LogP contribution is 2.30. The highest BCUT2D eigenvalue weighted by atomic mass is 19.1. The number of benzene rings is 2. The number of ether oxygens (including phenoxy) is 1. The van der Waals surface area contributed by atoms with Crippen LogP contribution in [0.3, 0.4) is 0 Å². The van der Waals surface area contributed by atoms with E-state index in [1.165, 1.54) is 22.9 Å². The number of H-pyrrole nitrogens is 1. The summed E-state index contributed by atoms with van der Waals surface area (Å²) >= 11 is 0. The van der Waals surface area contributed by atoms with Crippen LogP contribution in [-0.4, -0.2) is 20.9 Å². The van der Waals surface area contributed by atoms with E-state index in [0.717, 1.165) is 12.1 Å².